The number of nitrogens with one attached hydrogen (secondary N) is 2. The maximum atomic E-state index is 13.9. The SMILES string of the molecule is Cc1ccc(-c2nn([C@H]3CC[C@H](C(=O)N4CCC(C5CN(CCCC6CCCC7C6N(C)C(=O)N7C6CCC(=O)NC6=O)C5)CC4)CC3)cc2NC(=O)c2cnn3cccnc23)nc1. The van der Waals surface area contributed by atoms with Crippen molar-refractivity contribution in [3.05, 3.63) is 60.3 Å². The van der Waals surface area contributed by atoms with Crippen molar-refractivity contribution in [3.63, 3.8) is 0 Å². The minimum absolute atomic E-state index is 0.0187. The maximum Gasteiger partial charge on any atom is 0.321 e. The molecule has 6 amide bonds. The zero-order chi connectivity index (χ0) is 44.1. The molecule has 2 aliphatic carbocycles. The lowest BCUT2D eigenvalue weighted by atomic mass is 9.77. The molecule has 338 valence electrons. The van der Waals surface area contributed by atoms with Crippen molar-refractivity contribution in [3.8, 4) is 11.4 Å². The Kier molecular flexibility index (Phi) is 11.7. The van der Waals surface area contributed by atoms with Crippen molar-refractivity contribution in [2.24, 2.45) is 23.7 Å². The number of likely N-dealkylation sites (N-methyl/N-ethyl adjacent to an activating group) is 1. The molecule has 64 heavy (non-hydrogen) atoms. The second kappa shape index (κ2) is 17.7. The average Bonchev–Trinajstić information content (AvgIpc) is 3.99. The van der Waals surface area contributed by atoms with Gasteiger partial charge in [-0.05, 0) is 120 Å². The number of aromatic nitrogens is 6. The van der Waals surface area contributed by atoms with Gasteiger partial charge in [-0.15, -0.1) is 0 Å². The third kappa shape index (κ3) is 8.15. The number of hydrogen-bond donors (Lipinski definition) is 2. The lowest BCUT2D eigenvalue weighted by Crippen LogP contribution is -2.56. The molecular weight excluding hydrogens is 813 g/mol. The van der Waals surface area contributed by atoms with E-state index in [0.717, 1.165) is 109 Å². The molecule has 6 fully saturated rings. The Morgan fingerprint density at radius 2 is 1.73 bits per heavy atom. The molecule has 4 unspecified atom stereocenters. The first-order valence-electron chi connectivity index (χ1n) is 23.6. The predicted molar refractivity (Wildman–Crippen MR) is 237 cm³/mol. The molecule has 4 atom stereocenters. The van der Waals surface area contributed by atoms with Crippen LogP contribution in [0.25, 0.3) is 17.0 Å². The van der Waals surface area contributed by atoms with E-state index in [1.54, 1.807) is 34.1 Å². The van der Waals surface area contributed by atoms with Gasteiger partial charge in [0.05, 0.1) is 35.7 Å². The zero-order valence-corrected chi connectivity index (χ0v) is 37.0. The first-order chi connectivity index (χ1) is 31.1. The highest BCUT2D eigenvalue weighted by Crippen LogP contribution is 2.42. The Hall–Kier alpha value is -5.71. The molecule has 0 radical (unpaired) electrons. The number of nitrogens with zero attached hydrogens (tertiary/aromatic N) is 10. The third-order valence-electron chi connectivity index (χ3n) is 15.5. The second-order valence-corrected chi connectivity index (χ2v) is 19.3. The molecular formula is C47H60N12O5. The van der Waals surface area contributed by atoms with Crippen LogP contribution in [0.1, 0.15) is 105 Å². The molecule has 0 spiro atoms. The van der Waals surface area contributed by atoms with Gasteiger partial charge in [-0.1, -0.05) is 12.5 Å². The van der Waals surface area contributed by atoms with Crippen molar-refractivity contribution in [1.29, 1.82) is 0 Å². The summed E-state index contributed by atoms with van der Waals surface area (Å²) in [5.74, 6) is 1.17. The van der Waals surface area contributed by atoms with Gasteiger partial charge in [-0.2, -0.15) is 10.2 Å². The van der Waals surface area contributed by atoms with Gasteiger partial charge in [0.1, 0.15) is 17.3 Å². The van der Waals surface area contributed by atoms with E-state index in [1.165, 1.54) is 6.20 Å². The Morgan fingerprint density at radius 3 is 2.50 bits per heavy atom. The van der Waals surface area contributed by atoms with Crippen molar-refractivity contribution in [2.75, 3.05) is 45.1 Å². The maximum absolute atomic E-state index is 13.9. The predicted octanol–water partition coefficient (Wildman–Crippen LogP) is 4.94. The van der Waals surface area contributed by atoms with Crippen LogP contribution in [0.3, 0.4) is 0 Å². The molecule has 10 rings (SSSR count). The highest BCUT2D eigenvalue weighted by Gasteiger charge is 2.53. The number of imide groups is 1. The fourth-order valence-electron chi connectivity index (χ4n) is 12.0. The number of aryl methyl sites for hydroxylation is 1. The van der Waals surface area contributed by atoms with Crippen LogP contribution in [-0.4, -0.2) is 137 Å². The fraction of sp³-hybridized carbons (Fsp3) is 0.596. The summed E-state index contributed by atoms with van der Waals surface area (Å²) in [7, 11) is 1.89. The Labute approximate surface area is 373 Å². The number of amides is 6. The van der Waals surface area contributed by atoms with E-state index in [-0.39, 0.29) is 54.2 Å². The van der Waals surface area contributed by atoms with Gasteiger partial charge in [-0.3, -0.25) is 34.2 Å². The van der Waals surface area contributed by atoms with Gasteiger partial charge in [-0.25, -0.2) is 14.3 Å². The summed E-state index contributed by atoms with van der Waals surface area (Å²) in [5, 5.41) is 14.8. The summed E-state index contributed by atoms with van der Waals surface area (Å²) in [4.78, 5) is 82.7. The number of hydrogen-bond acceptors (Lipinski definition) is 10. The molecule has 2 saturated carbocycles. The van der Waals surface area contributed by atoms with Gasteiger partial charge in [0.15, 0.2) is 5.65 Å². The van der Waals surface area contributed by atoms with Crippen molar-refractivity contribution in [2.45, 2.75) is 115 Å². The van der Waals surface area contributed by atoms with Crippen LogP contribution in [0.15, 0.2) is 49.2 Å². The lowest BCUT2D eigenvalue weighted by Gasteiger charge is -2.47. The Morgan fingerprint density at radius 1 is 0.922 bits per heavy atom. The Bertz CT molecular complexity index is 2390. The topological polar surface area (TPSA) is 183 Å². The van der Waals surface area contributed by atoms with Gasteiger partial charge in [0, 0.05) is 70.4 Å². The first kappa shape index (κ1) is 42.3. The second-order valence-electron chi connectivity index (χ2n) is 19.3. The number of pyridine rings is 1. The number of carbonyl (C=O) groups is 5. The van der Waals surface area contributed by atoms with E-state index >= 15 is 0 Å². The number of carbonyl (C=O) groups excluding carboxylic acids is 5. The van der Waals surface area contributed by atoms with Crippen molar-refractivity contribution >= 4 is 41.0 Å². The van der Waals surface area contributed by atoms with Crippen LogP contribution < -0.4 is 10.6 Å². The van der Waals surface area contributed by atoms with Crippen LogP contribution in [-0.2, 0) is 14.4 Å². The molecule has 6 aliphatic rings. The fourth-order valence-corrected chi connectivity index (χ4v) is 12.0. The standard InChI is InChI=1S/C47H60N12O5/c1-29-9-14-36(49-24-29)41-37(51-44(61)35-25-50-57-21-5-19-48-43(35)57)28-58(53-41)34-12-10-32(11-13-34)46(63)56-22-17-30(18-23-56)33-26-55(27-33)20-4-7-31-6-3-8-38-42(31)54(2)47(64)59(38)39-15-16-40(60)52-45(39)62/h5,9,14,19,21,24-25,28,30-34,38-39,42H,3-4,6-8,10-13,15-18,20,22-23,26-27H2,1-2H3,(H,51,61)(H,52,60,62)/t31?,32-,34-,38?,39?,42?. The number of anilines is 1. The third-order valence-corrected chi connectivity index (χ3v) is 15.5. The van der Waals surface area contributed by atoms with Gasteiger partial charge >= 0.3 is 6.03 Å². The van der Waals surface area contributed by atoms with Crippen LogP contribution in [0.4, 0.5) is 10.5 Å². The highest BCUT2D eigenvalue weighted by molar-refractivity contribution is 6.09. The quantitative estimate of drug-likeness (QED) is 0.196. The Balaban J connectivity index is 0.673. The molecule has 17 nitrogen and oxygen atoms in total. The summed E-state index contributed by atoms with van der Waals surface area (Å²) in [5.41, 5.74) is 3.72. The summed E-state index contributed by atoms with van der Waals surface area (Å²) < 4.78 is 3.53. The monoisotopic (exact) mass is 872 g/mol. The normalized spacial score (nSPS) is 27.2. The van der Waals surface area contributed by atoms with E-state index in [0.29, 0.717) is 58.4 Å². The van der Waals surface area contributed by atoms with E-state index < -0.39 is 6.04 Å². The molecule has 0 bridgehead atoms. The zero-order valence-electron chi connectivity index (χ0n) is 37.0. The average molecular weight is 873 g/mol. The van der Waals surface area contributed by atoms with Crippen LogP contribution in [0.5, 0.6) is 0 Å². The number of urea groups is 1. The van der Waals surface area contributed by atoms with Crippen LogP contribution in [0.2, 0.25) is 0 Å². The van der Waals surface area contributed by atoms with Gasteiger partial charge in [0.25, 0.3) is 5.91 Å². The number of rotatable bonds is 11. The van der Waals surface area contributed by atoms with E-state index in [4.69, 9.17) is 5.10 Å². The molecule has 4 saturated heterocycles. The summed E-state index contributed by atoms with van der Waals surface area (Å²) in [6, 6.07) is 5.30. The lowest BCUT2D eigenvalue weighted by molar-refractivity contribution is -0.139. The van der Waals surface area contributed by atoms with E-state index in [2.05, 4.69) is 35.5 Å². The van der Waals surface area contributed by atoms with Crippen molar-refractivity contribution < 1.29 is 24.0 Å². The minimum Gasteiger partial charge on any atom is -0.342 e. The molecule has 0 aromatic carbocycles. The van der Waals surface area contributed by atoms with Crippen LogP contribution in [0, 0.1) is 30.6 Å². The molecule has 4 aliphatic heterocycles. The van der Waals surface area contributed by atoms with Gasteiger partial charge in [0.2, 0.25) is 17.7 Å². The molecule has 17 heteroatoms. The van der Waals surface area contributed by atoms with Gasteiger partial charge < -0.3 is 24.9 Å². The largest absolute Gasteiger partial charge is 0.342 e. The summed E-state index contributed by atoms with van der Waals surface area (Å²) in [6.45, 7) is 6.98. The summed E-state index contributed by atoms with van der Waals surface area (Å²) >= 11 is 0. The van der Waals surface area contributed by atoms with Crippen LogP contribution >= 0.6 is 0 Å². The highest BCUT2D eigenvalue weighted by atomic mass is 16.2. The molecule has 4 aromatic heterocycles. The molecule has 8 heterocycles. The smallest absolute Gasteiger partial charge is 0.321 e. The van der Waals surface area contributed by atoms with E-state index in [1.807, 2.05) is 41.9 Å². The number of likely N-dealkylation sites (tertiary alicyclic amines) is 2. The number of fused-ring (bicyclic) bond motifs is 2. The number of piperidine rings is 2. The minimum atomic E-state index is -0.552. The molecule has 2 N–H and O–H groups in total. The molecule has 4 aromatic rings. The first-order valence-corrected chi connectivity index (χ1v) is 23.6. The summed E-state index contributed by atoms with van der Waals surface area (Å²) in [6.07, 6.45) is 19.9. The van der Waals surface area contributed by atoms with E-state index in [9.17, 15) is 24.0 Å². The van der Waals surface area contributed by atoms with Crippen molar-refractivity contribution in [1.82, 2.24) is 54.3 Å².